The van der Waals surface area contributed by atoms with Gasteiger partial charge in [0, 0.05) is 11.8 Å². The van der Waals surface area contributed by atoms with Crippen LogP contribution in [-0.4, -0.2) is 34.8 Å². The van der Waals surface area contributed by atoms with E-state index in [9.17, 15) is 23.2 Å². The van der Waals surface area contributed by atoms with Gasteiger partial charge in [-0.1, -0.05) is 20.3 Å². The normalized spacial score (nSPS) is 28.4. The third-order valence-electron chi connectivity index (χ3n) is 5.43. The average Bonchev–Trinajstić information content (AvgIpc) is 2.77. The quantitative estimate of drug-likeness (QED) is 0.809. The Morgan fingerprint density at radius 1 is 1.19 bits per heavy atom. The van der Waals surface area contributed by atoms with Gasteiger partial charge in [0.1, 0.15) is 23.7 Å². The maximum Gasteiger partial charge on any atom is 0.325 e. The molecule has 8 heteroatoms. The number of urea groups is 1. The second-order valence-corrected chi connectivity index (χ2v) is 7.13. The number of halogens is 2. The summed E-state index contributed by atoms with van der Waals surface area (Å²) in [4.78, 5) is 38.4. The van der Waals surface area contributed by atoms with Crippen LogP contribution in [0.5, 0.6) is 0 Å². The first-order valence-electron chi connectivity index (χ1n) is 8.64. The van der Waals surface area contributed by atoms with Crippen molar-refractivity contribution in [3.8, 4) is 0 Å². The second kappa shape index (κ2) is 6.66. The maximum absolute atomic E-state index is 13.2. The van der Waals surface area contributed by atoms with Crippen molar-refractivity contribution in [2.45, 2.75) is 38.6 Å². The molecule has 1 unspecified atom stereocenters. The summed E-state index contributed by atoms with van der Waals surface area (Å²) in [7, 11) is 0. The molecule has 26 heavy (non-hydrogen) atoms. The Balaban J connectivity index is 1.74. The molecule has 1 saturated heterocycles. The first kappa shape index (κ1) is 18.3. The molecule has 3 atom stereocenters. The molecule has 1 aromatic carbocycles. The van der Waals surface area contributed by atoms with Gasteiger partial charge in [-0.05, 0) is 36.8 Å². The van der Waals surface area contributed by atoms with Crippen molar-refractivity contribution in [2.75, 3.05) is 11.9 Å². The zero-order valence-corrected chi connectivity index (χ0v) is 14.6. The van der Waals surface area contributed by atoms with Crippen LogP contribution < -0.4 is 10.6 Å². The lowest BCUT2D eigenvalue weighted by molar-refractivity contribution is -0.138. The fourth-order valence-corrected chi connectivity index (χ4v) is 4.07. The average molecular weight is 365 g/mol. The van der Waals surface area contributed by atoms with Gasteiger partial charge in [0.05, 0.1) is 0 Å². The van der Waals surface area contributed by atoms with E-state index in [-0.39, 0.29) is 17.5 Å². The number of nitrogens with one attached hydrogen (secondary N) is 2. The molecule has 4 amide bonds. The fourth-order valence-electron chi connectivity index (χ4n) is 4.07. The number of benzene rings is 1. The van der Waals surface area contributed by atoms with Crippen LogP contribution in [0, 0.1) is 23.5 Å². The van der Waals surface area contributed by atoms with Crippen LogP contribution in [0.3, 0.4) is 0 Å². The number of anilines is 1. The van der Waals surface area contributed by atoms with E-state index in [1.807, 2.05) is 13.8 Å². The van der Waals surface area contributed by atoms with Crippen molar-refractivity contribution >= 4 is 23.5 Å². The van der Waals surface area contributed by atoms with Crippen molar-refractivity contribution in [1.29, 1.82) is 0 Å². The van der Waals surface area contributed by atoms with Gasteiger partial charge in [-0.15, -0.1) is 0 Å². The standard InChI is InChI=1S/C18H21F2N3O3/c1-10-4-3-5-11(2)18(10)16(25)23(17(26)22-18)9-15(24)21-14-7-12(19)6-13(20)8-14/h6-8,10-11H,3-5,9H2,1-2H3,(H,21,24)(H,22,26)/t10-,11+,18?. The molecule has 140 valence electrons. The summed E-state index contributed by atoms with van der Waals surface area (Å²) in [5.41, 5.74) is -1.06. The summed E-state index contributed by atoms with van der Waals surface area (Å²) in [5.74, 6) is -2.85. The number of amides is 4. The number of carbonyl (C=O) groups is 3. The number of hydrogen-bond donors (Lipinski definition) is 2. The molecule has 1 aliphatic heterocycles. The molecule has 1 aromatic rings. The van der Waals surface area contributed by atoms with Crippen molar-refractivity contribution in [1.82, 2.24) is 10.2 Å². The predicted octanol–water partition coefficient (Wildman–Crippen LogP) is 2.65. The minimum atomic E-state index is -0.986. The molecule has 0 radical (unpaired) electrons. The molecule has 2 fully saturated rings. The number of imide groups is 1. The zero-order chi connectivity index (χ0) is 19.1. The smallest absolute Gasteiger partial charge is 0.324 e. The van der Waals surface area contributed by atoms with Gasteiger partial charge >= 0.3 is 6.03 Å². The van der Waals surface area contributed by atoms with Crippen LogP contribution in [0.4, 0.5) is 19.3 Å². The Morgan fingerprint density at radius 3 is 2.35 bits per heavy atom. The SMILES string of the molecule is C[C@@H]1CCC[C@H](C)C12NC(=O)N(CC(=O)Nc1cc(F)cc(F)c1)C2=O. The number of nitrogens with zero attached hydrogens (tertiary/aromatic N) is 1. The summed E-state index contributed by atoms with van der Waals surface area (Å²) in [6.45, 7) is 3.34. The van der Waals surface area contributed by atoms with Crippen LogP contribution in [0.2, 0.25) is 0 Å². The first-order chi connectivity index (χ1) is 12.2. The molecule has 3 rings (SSSR count). The molecule has 0 aromatic heterocycles. The molecular formula is C18H21F2N3O3. The van der Waals surface area contributed by atoms with E-state index in [2.05, 4.69) is 10.6 Å². The van der Waals surface area contributed by atoms with Crippen LogP contribution in [0.1, 0.15) is 33.1 Å². The molecule has 0 bridgehead atoms. The zero-order valence-electron chi connectivity index (χ0n) is 14.6. The van der Waals surface area contributed by atoms with Gasteiger partial charge in [-0.2, -0.15) is 0 Å². The van der Waals surface area contributed by atoms with Crippen molar-refractivity contribution < 1.29 is 23.2 Å². The predicted molar refractivity (Wildman–Crippen MR) is 90.1 cm³/mol. The van der Waals surface area contributed by atoms with E-state index >= 15 is 0 Å². The Bertz CT molecular complexity index is 738. The van der Waals surface area contributed by atoms with Crippen molar-refractivity contribution in [3.63, 3.8) is 0 Å². The lowest BCUT2D eigenvalue weighted by atomic mass is 9.67. The largest absolute Gasteiger partial charge is 0.325 e. The van der Waals surface area contributed by atoms with Crippen molar-refractivity contribution in [3.05, 3.63) is 29.8 Å². The maximum atomic E-state index is 13.2. The summed E-state index contributed by atoms with van der Waals surface area (Å²) in [6, 6.07) is 1.98. The van der Waals surface area contributed by atoms with Crippen LogP contribution in [0.25, 0.3) is 0 Å². The molecule has 1 saturated carbocycles. The molecule has 2 N–H and O–H groups in total. The van der Waals surface area contributed by atoms with E-state index in [0.717, 1.165) is 36.3 Å². The summed E-state index contributed by atoms with van der Waals surface area (Å²) >= 11 is 0. The molecular weight excluding hydrogens is 344 g/mol. The molecule has 2 aliphatic rings. The van der Waals surface area contributed by atoms with E-state index in [0.29, 0.717) is 6.07 Å². The van der Waals surface area contributed by atoms with Crippen LogP contribution in [0.15, 0.2) is 18.2 Å². The van der Waals surface area contributed by atoms with Gasteiger partial charge in [-0.25, -0.2) is 13.6 Å². The highest BCUT2D eigenvalue weighted by Crippen LogP contribution is 2.42. The van der Waals surface area contributed by atoms with Gasteiger partial charge in [0.2, 0.25) is 5.91 Å². The first-order valence-corrected chi connectivity index (χ1v) is 8.64. The van der Waals surface area contributed by atoms with Gasteiger partial charge in [-0.3, -0.25) is 14.5 Å². The minimum absolute atomic E-state index is 0.0342. The van der Waals surface area contributed by atoms with Gasteiger partial charge in [0.15, 0.2) is 0 Å². The number of hydrogen-bond acceptors (Lipinski definition) is 3. The Kier molecular flexibility index (Phi) is 4.68. The summed E-state index contributed by atoms with van der Waals surface area (Å²) in [6.07, 6.45) is 2.62. The summed E-state index contributed by atoms with van der Waals surface area (Å²) < 4.78 is 26.4. The van der Waals surface area contributed by atoms with Crippen molar-refractivity contribution in [2.24, 2.45) is 11.8 Å². The van der Waals surface area contributed by atoms with Crippen LogP contribution in [-0.2, 0) is 9.59 Å². The minimum Gasteiger partial charge on any atom is -0.324 e. The third kappa shape index (κ3) is 3.04. The van der Waals surface area contributed by atoms with Crippen LogP contribution >= 0.6 is 0 Å². The highest BCUT2D eigenvalue weighted by Gasteiger charge is 2.58. The third-order valence-corrected chi connectivity index (χ3v) is 5.43. The topological polar surface area (TPSA) is 78.5 Å². The monoisotopic (exact) mass is 365 g/mol. The Labute approximate surface area is 149 Å². The molecule has 6 nitrogen and oxygen atoms in total. The highest BCUT2D eigenvalue weighted by molar-refractivity contribution is 6.10. The van der Waals surface area contributed by atoms with E-state index in [1.54, 1.807) is 0 Å². The fraction of sp³-hybridized carbons (Fsp3) is 0.500. The Morgan fingerprint density at radius 2 is 1.77 bits per heavy atom. The number of rotatable bonds is 3. The molecule has 1 aliphatic carbocycles. The second-order valence-electron chi connectivity index (χ2n) is 7.13. The van der Waals surface area contributed by atoms with E-state index in [4.69, 9.17) is 0 Å². The van der Waals surface area contributed by atoms with E-state index in [1.165, 1.54) is 0 Å². The van der Waals surface area contributed by atoms with Gasteiger partial charge < -0.3 is 10.6 Å². The lowest BCUT2D eigenvalue weighted by Gasteiger charge is -2.42. The molecule has 1 heterocycles. The molecule has 1 spiro atoms. The summed E-state index contributed by atoms with van der Waals surface area (Å²) in [5, 5.41) is 5.11. The van der Waals surface area contributed by atoms with Gasteiger partial charge in [0.25, 0.3) is 5.91 Å². The van der Waals surface area contributed by atoms with E-state index < -0.39 is 41.6 Å². The highest BCUT2D eigenvalue weighted by atomic mass is 19.1. The Hall–Kier alpha value is -2.51. The lowest BCUT2D eigenvalue weighted by Crippen LogP contribution is -2.59. The number of carbonyl (C=O) groups excluding carboxylic acids is 3.